The second-order valence-corrected chi connectivity index (χ2v) is 5.32. The van der Waals surface area contributed by atoms with E-state index < -0.39 is 12.0 Å². The Morgan fingerprint density at radius 2 is 1.72 bits per heavy atom. The van der Waals surface area contributed by atoms with Gasteiger partial charge in [0.1, 0.15) is 29.7 Å². The minimum absolute atomic E-state index is 0.00412. The summed E-state index contributed by atoms with van der Waals surface area (Å²) in [5, 5.41) is 0. The summed E-state index contributed by atoms with van der Waals surface area (Å²) in [6.07, 6.45) is 0.258. The summed E-state index contributed by atoms with van der Waals surface area (Å²) in [6.45, 7) is 3.58. The van der Waals surface area contributed by atoms with E-state index in [0.29, 0.717) is 24.2 Å². The largest absolute Gasteiger partial charge is 0.513 e. The van der Waals surface area contributed by atoms with Crippen LogP contribution >= 0.6 is 0 Å². The third-order valence-electron chi connectivity index (χ3n) is 3.80. The average molecular weight is 350 g/mol. The van der Waals surface area contributed by atoms with Gasteiger partial charge in [-0.05, 0) is 42.2 Å². The molecule has 0 unspecified atom stereocenters. The van der Waals surface area contributed by atoms with Crippen LogP contribution in [0.4, 0.5) is 13.6 Å². The van der Waals surface area contributed by atoms with Crippen LogP contribution in [-0.2, 0) is 24.2 Å². The van der Waals surface area contributed by atoms with Crippen LogP contribution in [0, 0.1) is 11.6 Å². The molecule has 0 saturated heterocycles. The molecule has 4 nitrogen and oxygen atoms in total. The highest BCUT2D eigenvalue weighted by molar-refractivity contribution is 5.64. The lowest BCUT2D eigenvalue weighted by atomic mass is 10.0. The predicted octanol–water partition coefficient (Wildman–Crippen LogP) is 4.81. The van der Waals surface area contributed by atoms with E-state index in [2.05, 4.69) is 4.74 Å². The minimum atomic E-state index is -0.959. The van der Waals surface area contributed by atoms with E-state index in [1.807, 2.05) is 13.8 Å². The van der Waals surface area contributed by atoms with Crippen molar-refractivity contribution in [3.8, 4) is 11.5 Å². The quantitative estimate of drug-likeness (QED) is 0.554. The zero-order chi connectivity index (χ0) is 18.4. The molecule has 0 saturated carbocycles. The molecule has 0 bridgehead atoms. The summed E-state index contributed by atoms with van der Waals surface area (Å²) >= 11 is 0. The van der Waals surface area contributed by atoms with Crippen molar-refractivity contribution in [2.75, 3.05) is 7.11 Å². The molecular weight excluding hydrogens is 330 g/mol. The fraction of sp³-hybridized carbons (Fsp3) is 0.316. The van der Waals surface area contributed by atoms with Gasteiger partial charge in [0.05, 0.1) is 12.7 Å². The molecule has 0 fully saturated rings. The summed E-state index contributed by atoms with van der Waals surface area (Å²) in [4.78, 5) is 11.3. The fourth-order valence-electron chi connectivity index (χ4n) is 2.39. The summed E-state index contributed by atoms with van der Waals surface area (Å²) in [5.74, 6) is -0.626. The number of halogens is 2. The monoisotopic (exact) mass is 350 g/mol. The van der Waals surface area contributed by atoms with E-state index in [0.717, 1.165) is 12.7 Å². The molecule has 2 rings (SSSR count). The van der Waals surface area contributed by atoms with Crippen molar-refractivity contribution in [3.05, 3.63) is 58.7 Å². The average Bonchev–Trinajstić information content (AvgIpc) is 2.61. The Balaban J connectivity index is 2.27. The first-order chi connectivity index (χ1) is 12.0. The van der Waals surface area contributed by atoms with Gasteiger partial charge in [-0.15, -0.1) is 0 Å². The molecule has 0 spiro atoms. The van der Waals surface area contributed by atoms with Crippen LogP contribution in [0.2, 0.25) is 0 Å². The van der Waals surface area contributed by atoms with E-state index >= 15 is 0 Å². The Morgan fingerprint density at radius 3 is 2.36 bits per heavy atom. The highest BCUT2D eigenvalue weighted by Gasteiger charge is 2.16. The first kappa shape index (κ1) is 18.7. The van der Waals surface area contributed by atoms with Crippen LogP contribution in [-0.4, -0.2) is 13.3 Å². The number of benzene rings is 2. The van der Waals surface area contributed by atoms with Crippen molar-refractivity contribution in [2.45, 2.75) is 33.3 Å². The van der Waals surface area contributed by atoms with E-state index in [1.165, 1.54) is 24.3 Å². The first-order valence-corrected chi connectivity index (χ1v) is 7.97. The van der Waals surface area contributed by atoms with Crippen molar-refractivity contribution < 1.29 is 27.8 Å². The first-order valence-electron chi connectivity index (χ1n) is 7.97. The molecule has 2 aromatic rings. The molecule has 25 heavy (non-hydrogen) atoms. The number of hydrogen-bond acceptors (Lipinski definition) is 4. The second-order valence-electron chi connectivity index (χ2n) is 5.32. The number of hydrogen-bond donors (Lipinski definition) is 0. The molecule has 134 valence electrons. The zero-order valence-corrected chi connectivity index (χ0v) is 14.4. The van der Waals surface area contributed by atoms with Crippen LogP contribution in [0.25, 0.3) is 0 Å². The van der Waals surface area contributed by atoms with Gasteiger partial charge in [0.15, 0.2) is 0 Å². The lowest BCUT2D eigenvalue weighted by Gasteiger charge is -2.15. The molecule has 0 heterocycles. The maximum absolute atomic E-state index is 14.1. The zero-order valence-electron chi connectivity index (χ0n) is 14.4. The van der Waals surface area contributed by atoms with E-state index in [1.54, 1.807) is 6.07 Å². The number of carbonyl (C=O) groups excluding carboxylic acids is 1. The van der Waals surface area contributed by atoms with Crippen LogP contribution in [0.3, 0.4) is 0 Å². The molecule has 0 radical (unpaired) electrons. The molecule has 0 aliphatic heterocycles. The van der Waals surface area contributed by atoms with Gasteiger partial charge in [0, 0.05) is 6.07 Å². The number of rotatable bonds is 6. The summed E-state index contributed by atoms with van der Waals surface area (Å²) in [6, 6.07) is 7.12. The van der Waals surface area contributed by atoms with E-state index in [4.69, 9.17) is 9.47 Å². The third kappa shape index (κ3) is 4.47. The Labute approximate surface area is 145 Å². The second kappa shape index (κ2) is 8.46. The normalized spacial score (nSPS) is 10.4. The minimum Gasteiger partial charge on any atom is -0.488 e. The maximum Gasteiger partial charge on any atom is 0.513 e. The molecule has 0 aliphatic rings. The number of carbonyl (C=O) groups is 1. The van der Waals surface area contributed by atoms with Gasteiger partial charge in [-0.3, -0.25) is 0 Å². The van der Waals surface area contributed by atoms with Gasteiger partial charge in [-0.25, -0.2) is 13.6 Å². The number of methoxy groups -OCH3 is 1. The van der Waals surface area contributed by atoms with Gasteiger partial charge >= 0.3 is 6.16 Å². The standard InChI is InChI=1S/C19H20F2O4/c1-4-12-9-13(5-2)18(10-16(12)21)24-11-14-15(20)7-6-8-17(14)25-19(22)23-3/h6-10H,4-5,11H2,1-3H3. The van der Waals surface area contributed by atoms with Crippen LogP contribution in [0.1, 0.15) is 30.5 Å². The predicted molar refractivity (Wildman–Crippen MR) is 88.9 cm³/mol. The van der Waals surface area contributed by atoms with E-state index in [9.17, 15) is 13.6 Å². The van der Waals surface area contributed by atoms with Crippen LogP contribution in [0.15, 0.2) is 30.3 Å². The third-order valence-corrected chi connectivity index (χ3v) is 3.80. The van der Waals surface area contributed by atoms with Crippen molar-refractivity contribution in [2.24, 2.45) is 0 Å². The van der Waals surface area contributed by atoms with Crippen molar-refractivity contribution in [1.29, 1.82) is 0 Å². The highest BCUT2D eigenvalue weighted by atomic mass is 19.1. The maximum atomic E-state index is 14.1. The number of aryl methyl sites for hydroxylation is 2. The van der Waals surface area contributed by atoms with Crippen molar-refractivity contribution in [1.82, 2.24) is 0 Å². The molecule has 0 atom stereocenters. The fourth-order valence-corrected chi connectivity index (χ4v) is 2.39. The Morgan fingerprint density at radius 1 is 1.00 bits per heavy atom. The van der Waals surface area contributed by atoms with Gasteiger partial charge in [-0.2, -0.15) is 0 Å². The molecule has 0 amide bonds. The van der Waals surface area contributed by atoms with Gasteiger partial charge in [-0.1, -0.05) is 19.9 Å². The molecule has 6 heteroatoms. The SMILES string of the molecule is CCc1cc(CC)c(OCc2c(F)cccc2OC(=O)OC)cc1F. The van der Waals surface area contributed by atoms with E-state index in [-0.39, 0.29) is 23.7 Å². The molecule has 0 aliphatic carbocycles. The molecule has 2 aromatic carbocycles. The molecular formula is C19H20F2O4. The van der Waals surface area contributed by atoms with Crippen molar-refractivity contribution >= 4 is 6.16 Å². The lowest BCUT2D eigenvalue weighted by molar-refractivity contribution is 0.120. The van der Waals surface area contributed by atoms with Crippen LogP contribution < -0.4 is 9.47 Å². The Hall–Kier alpha value is -2.63. The van der Waals surface area contributed by atoms with Crippen molar-refractivity contribution in [3.63, 3.8) is 0 Å². The number of ether oxygens (including phenoxy) is 3. The summed E-state index contributed by atoms with van der Waals surface area (Å²) in [7, 11) is 1.16. The smallest absolute Gasteiger partial charge is 0.488 e. The van der Waals surface area contributed by atoms with Gasteiger partial charge < -0.3 is 14.2 Å². The molecule has 0 N–H and O–H groups in total. The molecule has 0 aromatic heterocycles. The van der Waals surface area contributed by atoms with Crippen LogP contribution in [0.5, 0.6) is 11.5 Å². The summed E-state index contributed by atoms with van der Waals surface area (Å²) in [5.41, 5.74) is 1.48. The lowest BCUT2D eigenvalue weighted by Crippen LogP contribution is -2.11. The Bertz CT molecular complexity index is 759. The van der Waals surface area contributed by atoms with Gasteiger partial charge in [0.2, 0.25) is 0 Å². The topological polar surface area (TPSA) is 44.8 Å². The highest BCUT2D eigenvalue weighted by Crippen LogP contribution is 2.28. The Kier molecular flexibility index (Phi) is 6.33. The van der Waals surface area contributed by atoms with Gasteiger partial charge in [0.25, 0.3) is 0 Å². The summed E-state index contributed by atoms with van der Waals surface area (Å²) < 4.78 is 43.1.